The lowest BCUT2D eigenvalue weighted by Gasteiger charge is -2.40. The summed E-state index contributed by atoms with van der Waals surface area (Å²) in [5.74, 6) is 0.351. The lowest BCUT2D eigenvalue weighted by atomic mass is 9.69. The van der Waals surface area contributed by atoms with Crippen molar-refractivity contribution in [2.75, 3.05) is 24.5 Å². The summed E-state index contributed by atoms with van der Waals surface area (Å²) in [5.41, 5.74) is 2.34. The Bertz CT molecular complexity index is 1510. The number of piperidine rings is 1. The molecule has 0 radical (unpaired) electrons. The largest absolute Gasteiger partial charge is 0.497 e. The highest BCUT2D eigenvalue weighted by Crippen LogP contribution is 2.53. The van der Waals surface area contributed by atoms with Crippen LogP contribution in [0.4, 0.5) is 5.69 Å². The van der Waals surface area contributed by atoms with Gasteiger partial charge in [-0.15, -0.1) is 17.0 Å². The van der Waals surface area contributed by atoms with Gasteiger partial charge in [0.2, 0.25) is 0 Å². The Morgan fingerprint density at radius 2 is 1.82 bits per heavy atom. The van der Waals surface area contributed by atoms with E-state index in [0.29, 0.717) is 28.6 Å². The molecule has 2 aliphatic heterocycles. The minimum absolute atomic E-state index is 0. The first-order chi connectivity index (χ1) is 18.8. The van der Waals surface area contributed by atoms with Gasteiger partial charge in [0.25, 0.3) is 15.9 Å². The molecule has 1 spiro atoms. The standard InChI is InChI=1S/C30H32ClN3O4S.BrH/c1-3-6-28-30(15-17-32-18-16-30)25-19-21(29(35)33-20-22-7-4-5-8-26(22)31)9-14-27(25)34(28)39(36,37)24-12-10-23(38-2)11-13-24;/h3-14,19,28,32H,15-18,20H2,1-2H3,(H,33,35);1H/b6-3+;. The summed E-state index contributed by atoms with van der Waals surface area (Å²) in [6.45, 7) is 3.72. The molecule has 10 heteroatoms. The van der Waals surface area contributed by atoms with E-state index in [9.17, 15) is 13.2 Å². The van der Waals surface area contributed by atoms with E-state index in [4.69, 9.17) is 16.3 Å². The molecule has 0 aliphatic carbocycles. The van der Waals surface area contributed by atoms with Crippen molar-refractivity contribution in [1.82, 2.24) is 10.6 Å². The fraction of sp³-hybridized carbons (Fsp3) is 0.300. The van der Waals surface area contributed by atoms with Crippen LogP contribution in [0.1, 0.15) is 41.3 Å². The number of allylic oxidation sites excluding steroid dienone is 1. The summed E-state index contributed by atoms with van der Waals surface area (Å²) >= 11 is 6.27. The van der Waals surface area contributed by atoms with Gasteiger partial charge in [-0.3, -0.25) is 9.10 Å². The molecule has 212 valence electrons. The quantitative estimate of drug-likeness (QED) is 0.325. The number of carbonyl (C=O) groups excluding carboxylic acids is 1. The van der Waals surface area contributed by atoms with E-state index < -0.39 is 21.5 Å². The Hall–Kier alpha value is -2.85. The molecule has 3 aromatic carbocycles. The van der Waals surface area contributed by atoms with E-state index in [1.807, 2.05) is 43.3 Å². The predicted molar refractivity (Wildman–Crippen MR) is 164 cm³/mol. The van der Waals surface area contributed by atoms with Crippen LogP contribution < -0.4 is 19.7 Å². The van der Waals surface area contributed by atoms with Gasteiger partial charge < -0.3 is 15.4 Å². The second-order valence-electron chi connectivity index (χ2n) is 9.86. The minimum Gasteiger partial charge on any atom is -0.497 e. The van der Waals surface area contributed by atoms with Crippen molar-refractivity contribution in [3.8, 4) is 5.75 Å². The van der Waals surface area contributed by atoms with Crippen molar-refractivity contribution in [2.24, 2.45) is 0 Å². The van der Waals surface area contributed by atoms with Gasteiger partial charge in [0.1, 0.15) is 5.75 Å². The number of halogens is 2. The number of amides is 1. The monoisotopic (exact) mass is 645 g/mol. The molecule has 1 saturated heterocycles. The number of sulfonamides is 1. The van der Waals surface area contributed by atoms with Gasteiger partial charge in [-0.2, -0.15) is 0 Å². The summed E-state index contributed by atoms with van der Waals surface area (Å²) < 4.78 is 35.1. The summed E-state index contributed by atoms with van der Waals surface area (Å²) in [6.07, 6.45) is 5.38. The second-order valence-corrected chi connectivity index (χ2v) is 12.1. The van der Waals surface area contributed by atoms with Crippen molar-refractivity contribution in [3.05, 3.63) is 101 Å². The molecule has 1 atom stereocenters. The lowest BCUT2D eigenvalue weighted by molar-refractivity contribution is 0.0950. The number of nitrogens with one attached hydrogen (secondary N) is 2. The Morgan fingerprint density at radius 1 is 1.12 bits per heavy atom. The fourth-order valence-corrected chi connectivity index (χ4v) is 7.64. The number of ether oxygens (including phenoxy) is 1. The Labute approximate surface area is 251 Å². The number of methoxy groups -OCH3 is 1. The van der Waals surface area contributed by atoms with Crippen LogP contribution in [-0.4, -0.2) is 40.6 Å². The molecule has 1 unspecified atom stereocenters. The van der Waals surface area contributed by atoms with Crippen LogP contribution in [0.2, 0.25) is 5.02 Å². The van der Waals surface area contributed by atoms with E-state index in [1.165, 1.54) is 0 Å². The van der Waals surface area contributed by atoms with Gasteiger partial charge in [-0.25, -0.2) is 8.42 Å². The molecule has 40 heavy (non-hydrogen) atoms. The fourth-order valence-electron chi connectivity index (χ4n) is 5.74. The number of hydrogen-bond donors (Lipinski definition) is 2. The minimum atomic E-state index is -3.92. The van der Waals surface area contributed by atoms with Crippen LogP contribution in [0.3, 0.4) is 0 Å². The molecule has 0 bridgehead atoms. The zero-order valence-corrected chi connectivity index (χ0v) is 25.7. The average Bonchev–Trinajstić information content (AvgIpc) is 3.21. The predicted octanol–water partition coefficient (Wildman–Crippen LogP) is 5.63. The smallest absolute Gasteiger partial charge is 0.264 e. The third kappa shape index (κ3) is 5.40. The first kappa shape index (κ1) is 30.1. The zero-order valence-electron chi connectivity index (χ0n) is 22.4. The third-order valence-electron chi connectivity index (χ3n) is 7.74. The van der Waals surface area contributed by atoms with Crippen molar-refractivity contribution in [3.63, 3.8) is 0 Å². The van der Waals surface area contributed by atoms with E-state index in [1.54, 1.807) is 53.9 Å². The maximum absolute atomic E-state index is 14.2. The maximum atomic E-state index is 14.2. The second kappa shape index (κ2) is 12.3. The van der Waals surface area contributed by atoms with E-state index in [-0.39, 0.29) is 27.8 Å². The number of hydrogen-bond acceptors (Lipinski definition) is 5. The van der Waals surface area contributed by atoms with Crippen LogP contribution >= 0.6 is 28.6 Å². The zero-order chi connectivity index (χ0) is 27.6. The van der Waals surface area contributed by atoms with Crippen molar-refractivity contribution >= 4 is 50.2 Å². The molecule has 0 saturated carbocycles. The third-order valence-corrected chi connectivity index (χ3v) is 9.91. The molecule has 1 amide bonds. The van der Waals surface area contributed by atoms with E-state index in [2.05, 4.69) is 10.6 Å². The molecule has 1 fully saturated rings. The summed E-state index contributed by atoms with van der Waals surface area (Å²) in [5, 5.41) is 6.96. The first-order valence-corrected chi connectivity index (χ1v) is 14.8. The summed E-state index contributed by atoms with van der Waals surface area (Å²) in [4.78, 5) is 13.4. The van der Waals surface area contributed by atoms with Gasteiger partial charge in [0.05, 0.1) is 23.7 Å². The number of nitrogens with zero attached hydrogens (tertiary/aromatic N) is 1. The average molecular weight is 647 g/mol. The molecule has 2 N–H and O–H groups in total. The number of benzene rings is 3. The molecule has 2 aliphatic rings. The molecular formula is C30H33BrClN3O4S. The molecular weight excluding hydrogens is 614 g/mol. The Balaban J connectivity index is 0.00000370. The summed E-state index contributed by atoms with van der Waals surface area (Å²) in [6, 6.07) is 18.8. The van der Waals surface area contributed by atoms with Crippen LogP contribution in [0.15, 0.2) is 83.8 Å². The highest BCUT2D eigenvalue weighted by molar-refractivity contribution is 8.93. The molecule has 2 heterocycles. The van der Waals surface area contributed by atoms with Crippen LogP contribution in [0.25, 0.3) is 0 Å². The Morgan fingerprint density at radius 3 is 2.48 bits per heavy atom. The highest BCUT2D eigenvalue weighted by atomic mass is 79.9. The molecule has 3 aromatic rings. The summed E-state index contributed by atoms with van der Waals surface area (Å²) in [7, 11) is -2.37. The molecule has 5 rings (SSSR count). The lowest BCUT2D eigenvalue weighted by Crippen LogP contribution is -2.51. The number of fused-ring (bicyclic) bond motifs is 2. The SMILES string of the molecule is Br.C/C=C/C1N(S(=O)(=O)c2ccc(OC)cc2)c2ccc(C(=O)NCc3ccccc3Cl)cc2C12CCNCC2. The van der Waals surface area contributed by atoms with Crippen LogP contribution in [0.5, 0.6) is 5.75 Å². The van der Waals surface area contributed by atoms with Gasteiger partial charge in [0.15, 0.2) is 0 Å². The van der Waals surface area contributed by atoms with Crippen LogP contribution in [-0.2, 0) is 22.0 Å². The van der Waals surface area contributed by atoms with Gasteiger partial charge in [-0.1, -0.05) is 42.0 Å². The number of carbonyl (C=O) groups is 1. The van der Waals surface area contributed by atoms with Crippen molar-refractivity contribution in [2.45, 2.75) is 42.7 Å². The molecule has 7 nitrogen and oxygen atoms in total. The van der Waals surface area contributed by atoms with E-state index >= 15 is 0 Å². The van der Waals surface area contributed by atoms with Crippen LogP contribution in [0, 0.1) is 0 Å². The Kier molecular flexibility index (Phi) is 9.29. The number of rotatable bonds is 7. The highest BCUT2D eigenvalue weighted by Gasteiger charge is 2.54. The van der Waals surface area contributed by atoms with Gasteiger partial charge >= 0.3 is 0 Å². The van der Waals surface area contributed by atoms with Crippen molar-refractivity contribution in [1.29, 1.82) is 0 Å². The molecule has 0 aromatic heterocycles. The van der Waals surface area contributed by atoms with E-state index in [0.717, 1.165) is 37.1 Å². The van der Waals surface area contributed by atoms with Gasteiger partial charge in [-0.05, 0) is 92.5 Å². The topological polar surface area (TPSA) is 87.7 Å². The first-order valence-electron chi connectivity index (χ1n) is 13.0. The normalized spacial score (nSPS) is 17.9. The van der Waals surface area contributed by atoms with Crippen molar-refractivity contribution < 1.29 is 17.9 Å². The maximum Gasteiger partial charge on any atom is 0.264 e. The number of anilines is 1. The van der Waals surface area contributed by atoms with Gasteiger partial charge in [0, 0.05) is 22.5 Å².